The maximum atomic E-state index is 12.6. The molecule has 2 amide bonds. The minimum absolute atomic E-state index is 0.0336. The van der Waals surface area contributed by atoms with E-state index in [1.54, 1.807) is 6.92 Å². The van der Waals surface area contributed by atoms with Crippen molar-refractivity contribution in [3.05, 3.63) is 22.7 Å². The van der Waals surface area contributed by atoms with Gasteiger partial charge < -0.3 is 10.4 Å². The van der Waals surface area contributed by atoms with E-state index in [4.69, 9.17) is 16.7 Å². The van der Waals surface area contributed by atoms with Gasteiger partial charge in [0.15, 0.2) is 0 Å². The molecule has 0 aliphatic carbocycles. The van der Waals surface area contributed by atoms with Gasteiger partial charge in [0, 0.05) is 16.5 Å². The Morgan fingerprint density at radius 2 is 2.18 bits per heavy atom. The molecule has 0 atom stereocenters. The Morgan fingerprint density at radius 1 is 1.50 bits per heavy atom. The van der Waals surface area contributed by atoms with Crippen molar-refractivity contribution in [1.82, 2.24) is 9.62 Å². The second kappa shape index (κ2) is 6.35. The molecule has 1 heterocycles. The highest BCUT2D eigenvalue weighted by atomic mass is 35.5. The van der Waals surface area contributed by atoms with Crippen LogP contribution in [0.5, 0.6) is 0 Å². The van der Waals surface area contributed by atoms with Crippen molar-refractivity contribution in [2.75, 3.05) is 18.8 Å². The van der Waals surface area contributed by atoms with Gasteiger partial charge in [0.2, 0.25) is 0 Å². The number of nitrogens with zero attached hydrogens (tertiary/aromatic N) is 1. The Bertz CT molecular complexity index is 735. The Hall–Kier alpha value is -1.45. The van der Waals surface area contributed by atoms with Crippen molar-refractivity contribution in [2.24, 2.45) is 0 Å². The summed E-state index contributed by atoms with van der Waals surface area (Å²) >= 11 is 6.83. The van der Waals surface area contributed by atoms with Gasteiger partial charge in [-0.15, -0.1) is 11.8 Å². The Balaban J connectivity index is 2.50. The van der Waals surface area contributed by atoms with Gasteiger partial charge >= 0.3 is 12.0 Å². The third kappa shape index (κ3) is 3.31. The monoisotopic (exact) mass is 364 g/mol. The third-order valence-corrected chi connectivity index (χ3v) is 6.36. The number of benzene rings is 1. The molecule has 1 fully saturated rings. The van der Waals surface area contributed by atoms with Crippen LogP contribution in [0, 0.1) is 6.92 Å². The number of hydrogen-bond acceptors (Lipinski definition) is 5. The molecule has 22 heavy (non-hydrogen) atoms. The van der Waals surface area contributed by atoms with Crippen molar-refractivity contribution in [2.45, 2.75) is 16.7 Å². The molecule has 0 saturated carbocycles. The number of hydrogen-bond donors (Lipinski definition) is 2. The number of urea groups is 1. The summed E-state index contributed by atoms with van der Waals surface area (Å²) in [6, 6.07) is 2.07. The van der Waals surface area contributed by atoms with Gasteiger partial charge in [-0.1, -0.05) is 11.6 Å². The molecule has 1 aliphatic rings. The molecule has 7 nitrogen and oxygen atoms in total. The topological polar surface area (TPSA) is 104 Å². The standard InChI is InChI=1S/C12H13ClN2O5S2/c1-7-4-10(9(5-8(7)13)21-6-11(16)17)22(19,20)15-3-2-14-12(15)18/h4-5H,2-3,6H2,1H3,(H,14,18)(H,16,17). The number of amides is 2. The minimum Gasteiger partial charge on any atom is -0.481 e. The number of aryl methyl sites for hydroxylation is 1. The van der Waals surface area contributed by atoms with Crippen LogP contribution < -0.4 is 5.32 Å². The Kier molecular flexibility index (Phi) is 4.88. The van der Waals surface area contributed by atoms with Crippen LogP contribution in [0.3, 0.4) is 0 Å². The van der Waals surface area contributed by atoms with E-state index in [0.29, 0.717) is 10.6 Å². The van der Waals surface area contributed by atoms with E-state index in [9.17, 15) is 18.0 Å². The molecule has 120 valence electrons. The first-order valence-electron chi connectivity index (χ1n) is 6.19. The highest BCUT2D eigenvalue weighted by Gasteiger charge is 2.34. The van der Waals surface area contributed by atoms with Crippen molar-refractivity contribution < 1.29 is 23.1 Å². The summed E-state index contributed by atoms with van der Waals surface area (Å²) in [6.07, 6.45) is 0. The zero-order chi connectivity index (χ0) is 16.5. The molecule has 0 aromatic heterocycles. The minimum atomic E-state index is -4.06. The lowest BCUT2D eigenvalue weighted by Gasteiger charge is -2.18. The van der Waals surface area contributed by atoms with Gasteiger partial charge in [-0.3, -0.25) is 4.79 Å². The molecule has 0 radical (unpaired) electrons. The van der Waals surface area contributed by atoms with Crippen LogP contribution in [0.1, 0.15) is 5.56 Å². The predicted molar refractivity (Wildman–Crippen MR) is 81.8 cm³/mol. The number of rotatable bonds is 5. The van der Waals surface area contributed by atoms with E-state index in [0.717, 1.165) is 16.1 Å². The molecule has 1 saturated heterocycles. The lowest BCUT2D eigenvalue weighted by atomic mass is 10.2. The molecule has 2 rings (SSSR count). The van der Waals surface area contributed by atoms with E-state index in [1.807, 2.05) is 0 Å². The number of thioether (sulfide) groups is 1. The summed E-state index contributed by atoms with van der Waals surface area (Å²) in [6.45, 7) is 1.91. The van der Waals surface area contributed by atoms with E-state index in [1.165, 1.54) is 12.1 Å². The molecule has 1 aliphatic heterocycles. The quantitative estimate of drug-likeness (QED) is 0.768. The van der Waals surface area contributed by atoms with Crippen molar-refractivity contribution in [1.29, 1.82) is 0 Å². The Morgan fingerprint density at radius 3 is 2.73 bits per heavy atom. The molecule has 0 unspecified atom stereocenters. The fraction of sp³-hybridized carbons (Fsp3) is 0.333. The van der Waals surface area contributed by atoms with Gasteiger partial charge in [0.1, 0.15) is 4.90 Å². The normalized spacial score (nSPS) is 15.0. The third-order valence-electron chi connectivity index (χ3n) is 2.96. The fourth-order valence-electron chi connectivity index (χ4n) is 1.89. The lowest BCUT2D eigenvalue weighted by Crippen LogP contribution is -2.34. The predicted octanol–water partition coefficient (Wildman–Crippen LogP) is 1.54. The highest BCUT2D eigenvalue weighted by Crippen LogP contribution is 2.33. The summed E-state index contributed by atoms with van der Waals surface area (Å²) < 4.78 is 26.0. The number of nitrogens with one attached hydrogen (secondary N) is 1. The smallest absolute Gasteiger partial charge is 0.331 e. The van der Waals surface area contributed by atoms with E-state index in [-0.39, 0.29) is 28.6 Å². The maximum Gasteiger partial charge on any atom is 0.331 e. The van der Waals surface area contributed by atoms with Crippen molar-refractivity contribution >= 4 is 45.4 Å². The van der Waals surface area contributed by atoms with Gasteiger partial charge in [0.25, 0.3) is 10.0 Å². The van der Waals surface area contributed by atoms with Gasteiger partial charge in [-0.2, -0.15) is 0 Å². The second-order valence-corrected chi connectivity index (χ2v) is 7.79. The van der Waals surface area contributed by atoms with Crippen LogP contribution in [-0.4, -0.2) is 48.7 Å². The second-order valence-electron chi connectivity index (χ2n) is 4.54. The van der Waals surface area contributed by atoms with Crippen molar-refractivity contribution in [3.63, 3.8) is 0 Å². The molecule has 0 spiro atoms. The van der Waals surface area contributed by atoms with E-state index < -0.39 is 22.0 Å². The highest BCUT2D eigenvalue weighted by molar-refractivity contribution is 8.00. The Labute approximate surface area is 136 Å². The summed E-state index contributed by atoms with van der Waals surface area (Å²) in [7, 11) is -4.06. The number of carboxylic acid groups (broad SMARTS) is 1. The lowest BCUT2D eigenvalue weighted by molar-refractivity contribution is -0.133. The zero-order valence-corrected chi connectivity index (χ0v) is 13.9. The number of carboxylic acids is 1. The van der Waals surface area contributed by atoms with Crippen LogP contribution in [0.2, 0.25) is 5.02 Å². The van der Waals surface area contributed by atoms with Crippen molar-refractivity contribution in [3.8, 4) is 0 Å². The average Bonchev–Trinajstić information content (AvgIpc) is 2.86. The largest absolute Gasteiger partial charge is 0.481 e. The van der Waals surface area contributed by atoms with Crippen LogP contribution in [0.4, 0.5) is 4.79 Å². The first-order chi connectivity index (χ1) is 10.2. The van der Waals surface area contributed by atoms with Crippen LogP contribution >= 0.6 is 23.4 Å². The van der Waals surface area contributed by atoms with Crippen LogP contribution in [0.25, 0.3) is 0 Å². The number of aliphatic carboxylic acids is 1. The van der Waals surface area contributed by atoms with Crippen LogP contribution in [-0.2, 0) is 14.8 Å². The molecule has 10 heteroatoms. The average molecular weight is 365 g/mol. The summed E-state index contributed by atoms with van der Waals surface area (Å²) in [5.41, 5.74) is 0.527. The molecule has 2 N–H and O–H groups in total. The first-order valence-corrected chi connectivity index (χ1v) is 8.99. The summed E-state index contributed by atoms with van der Waals surface area (Å²) in [5.74, 6) is -1.39. The summed E-state index contributed by atoms with van der Waals surface area (Å²) in [4.78, 5) is 22.4. The van der Waals surface area contributed by atoms with Crippen LogP contribution in [0.15, 0.2) is 21.9 Å². The molecule has 1 aromatic rings. The fourth-order valence-corrected chi connectivity index (χ4v) is 4.79. The number of halogens is 1. The molecule has 1 aromatic carbocycles. The first kappa shape index (κ1) is 16.9. The summed E-state index contributed by atoms with van der Waals surface area (Å²) in [5, 5.41) is 11.5. The van der Waals surface area contributed by atoms with Gasteiger partial charge in [0.05, 0.1) is 12.3 Å². The number of carbonyl (C=O) groups is 2. The maximum absolute atomic E-state index is 12.6. The van der Waals surface area contributed by atoms with Gasteiger partial charge in [-0.25, -0.2) is 17.5 Å². The van der Waals surface area contributed by atoms with Gasteiger partial charge in [-0.05, 0) is 24.6 Å². The molecular weight excluding hydrogens is 352 g/mol. The number of carbonyl (C=O) groups excluding carboxylic acids is 1. The SMILES string of the molecule is Cc1cc(S(=O)(=O)N2CCNC2=O)c(SCC(=O)O)cc1Cl. The molecular formula is C12H13ClN2O5S2. The number of sulfonamides is 1. The zero-order valence-electron chi connectivity index (χ0n) is 11.5. The van der Waals surface area contributed by atoms with E-state index in [2.05, 4.69) is 5.32 Å². The molecule has 0 bridgehead atoms. The van der Waals surface area contributed by atoms with E-state index >= 15 is 0 Å².